The Hall–Kier alpha value is -1.39. The van der Waals surface area contributed by atoms with E-state index in [0.29, 0.717) is 11.5 Å². The normalized spacial score (nSPS) is 21.1. The van der Waals surface area contributed by atoms with Crippen LogP contribution in [-0.2, 0) is 6.18 Å². The largest absolute Gasteiger partial charge is 0.422 e. The van der Waals surface area contributed by atoms with Gasteiger partial charge in [-0.15, -0.1) is 0 Å². The molecular formula is C22H29F5. The summed E-state index contributed by atoms with van der Waals surface area (Å²) in [6, 6.07) is 1.75. The molecule has 0 radical (unpaired) electrons. The minimum Gasteiger partial charge on any atom is -0.206 e. The maximum atomic E-state index is 13.8. The fourth-order valence-corrected chi connectivity index (χ4v) is 3.98. The predicted octanol–water partition coefficient (Wildman–Crippen LogP) is 8.17. The van der Waals surface area contributed by atoms with Crippen LogP contribution in [0.1, 0.15) is 88.2 Å². The van der Waals surface area contributed by atoms with Gasteiger partial charge in [0, 0.05) is 0 Å². The fourth-order valence-electron chi connectivity index (χ4n) is 3.98. The summed E-state index contributed by atoms with van der Waals surface area (Å²) in [4.78, 5) is 0. The summed E-state index contributed by atoms with van der Waals surface area (Å²) in [5, 5.41) is 0. The quantitative estimate of drug-likeness (QED) is 0.239. The number of benzene rings is 1. The third kappa shape index (κ3) is 6.62. The Morgan fingerprint density at radius 2 is 1.52 bits per heavy atom. The maximum absolute atomic E-state index is 13.8. The molecule has 1 aliphatic rings. The molecule has 152 valence electrons. The first-order valence-electron chi connectivity index (χ1n) is 10.0. The van der Waals surface area contributed by atoms with E-state index < -0.39 is 23.4 Å². The minimum absolute atomic E-state index is 0.0514. The van der Waals surface area contributed by atoms with Crippen molar-refractivity contribution < 1.29 is 22.0 Å². The molecule has 1 aromatic rings. The van der Waals surface area contributed by atoms with Crippen LogP contribution >= 0.6 is 0 Å². The number of allylic oxidation sites excluding steroid dienone is 2. The van der Waals surface area contributed by atoms with E-state index >= 15 is 0 Å². The molecule has 0 saturated heterocycles. The SMILES string of the molecule is CCC/C=C/CCCC[C@H]1CC[C@H](c2cc(F)c(C(F)(F)F)c(F)c2)CC1. The minimum atomic E-state index is -5.00. The summed E-state index contributed by atoms with van der Waals surface area (Å²) in [6.45, 7) is 2.16. The topological polar surface area (TPSA) is 0 Å². The fraction of sp³-hybridized carbons (Fsp3) is 0.636. The summed E-state index contributed by atoms with van der Waals surface area (Å²) in [7, 11) is 0. The molecule has 27 heavy (non-hydrogen) atoms. The maximum Gasteiger partial charge on any atom is 0.422 e. The van der Waals surface area contributed by atoms with E-state index in [1.54, 1.807) is 0 Å². The van der Waals surface area contributed by atoms with Gasteiger partial charge in [-0.3, -0.25) is 0 Å². The van der Waals surface area contributed by atoms with Gasteiger partial charge in [-0.05, 0) is 74.5 Å². The lowest BCUT2D eigenvalue weighted by molar-refractivity contribution is -0.142. The molecule has 2 rings (SSSR count). The number of rotatable bonds is 8. The highest BCUT2D eigenvalue weighted by Crippen LogP contribution is 2.40. The van der Waals surface area contributed by atoms with E-state index in [0.717, 1.165) is 57.1 Å². The third-order valence-electron chi connectivity index (χ3n) is 5.52. The molecular weight excluding hydrogens is 359 g/mol. The molecule has 1 fully saturated rings. The van der Waals surface area contributed by atoms with E-state index in [4.69, 9.17) is 0 Å². The molecule has 0 aliphatic heterocycles. The monoisotopic (exact) mass is 388 g/mol. The van der Waals surface area contributed by atoms with Gasteiger partial charge >= 0.3 is 6.18 Å². The van der Waals surface area contributed by atoms with Crippen molar-refractivity contribution in [2.24, 2.45) is 5.92 Å². The molecule has 1 saturated carbocycles. The van der Waals surface area contributed by atoms with Crippen molar-refractivity contribution in [2.75, 3.05) is 0 Å². The van der Waals surface area contributed by atoms with Crippen LogP contribution in [0.25, 0.3) is 0 Å². The Labute approximate surface area is 158 Å². The number of hydrogen-bond acceptors (Lipinski definition) is 0. The molecule has 1 aromatic carbocycles. The van der Waals surface area contributed by atoms with Crippen molar-refractivity contribution in [3.05, 3.63) is 47.0 Å². The highest BCUT2D eigenvalue weighted by molar-refractivity contribution is 5.30. The van der Waals surface area contributed by atoms with E-state index in [-0.39, 0.29) is 5.92 Å². The van der Waals surface area contributed by atoms with Crippen LogP contribution in [0.2, 0.25) is 0 Å². The lowest BCUT2D eigenvalue weighted by Crippen LogP contribution is -2.16. The van der Waals surface area contributed by atoms with Gasteiger partial charge in [-0.2, -0.15) is 13.2 Å². The molecule has 1 aliphatic carbocycles. The molecule has 0 N–H and O–H groups in total. The lowest BCUT2D eigenvalue weighted by Gasteiger charge is -2.29. The van der Waals surface area contributed by atoms with Crippen molar-refractivity contribution in [2.45, 2.75) is 83.2 Å². The van der Waals surface area contributed by atoms with Crippen molar-refractivity contribution in [1.82, 2.24) is 0 Å². The zero-order valence-corrected chi connectivity index (χ0v) is 15.9. The average molecular weight is 388 g/mol. The van der Waals surface area contributed by atoms with Gasteiger partial charge in [0.2, 0.25) is 0 Å². The molecule has 0 atom stereocenters. The van der Waals surface area contributed by atoms with Crippen LogP contribution < -0.4 is 0 Å². The summed E-state index contributed by atoms with van der Waals surface area (Å²) < 4.78 is 65.6. The van der Waals surface area contributed by atoms with Gasteiger partial charge in [0.1, 0.15) is 17.2 Å². The van der Waals surface area contributed by atoms with Gasteiger partial charge < -0.3 is 0 Å². The van der Waals surface area contributed by atoms with Crippen LogP contribution in [0.4, 0.5) is 22.0 Å². The molecule has 0 unspecified atom stereocenters. The van der Waals surface area contributed by atoms with Gasteiger partial charge in [-0.25, -0.2) is 8.78 Å². The van der Waals surface area contributed by atoms with Gasteiger partial charge in [0.25, 0.3) is 0 Å². The Balaban J connectivity index is 1.80. The van der Waals surface area contributed by atoms with E-state index in [1.165, 1.54) is 19.3 Å². The van der Waals surface area contributed by atoms with Crippen LogP contribution in [0.15, 0.2) is 24.3 Å². The molecule has 0 aromatic heterocycles. The molecule has 0 spiro atoms. The van der Waals surface area contributed by atoms with Crippen molar-refractivity contribution in [3.63, 3.8) is 0 Å². The van der Waals surface area contributed by atoms with E-state index in [2.05, 4.69) is 19.1 Å². The smallest absolute Gasteiger partial charge is 0.206 e. The van der Waals surface area contributed by atoms with Gasteiger partial charge in [0.15, 0.2) is 0 Å². The first kappa shape index (κ1) is 21.9. The van der Waals surface area contributed by atoms with Crippen LogP contribution in [0.3, 0.4) is 0 Å². The highest BCUT2D eigenvalue weighted by atomic mass is 19.4. The van der Waals surface area contributed by atoms with Crippen LogP contribution in [0, 0.1) is 17.6 Å². The Kier molecular flexibility index (Phi) is 8.30. The first-order chi connectivity index (χ1) is 12.8. The van der Waals surface area contributed by atoms with Crippen LogP contribution in [0.5, 0.6) is 0 Å². The Morgan fingerprint density at radius 3 is 2.07 bits per heavy atom. The molecule has 0 amide bonds. The number of hydrogen-bond donors (Lipinski definition) is 0. The highest BCUT2D eigenvalue weighted by Gasteiger charge is 2.38. The number of unbranched alkanes of at least 4 members (excludes halogenated alkanes) is 3. The first-order valence-corrected chi connectivity index (χ1v) is 10.0. The second-order valence-corrected chi connectivity index (χ2v) is 7.62. The Bertz CT molecular complexity index is 587. The number of halogens is 5. The van der Waals surface area contributed by atoms with E-state index in [9.17, 15) is 22.0 Å². The van der Waals surface area contributed by atoms with Gasteiger partial charge in [0.05, 0.1) is 0 Å². The zero-order valence-electron chi connectivity index (χ0n) is 15.9. The second-order valence-electron chi connectivity index (χ2n) is 7.62. The predicted molar refractivity (Wildman–Crippen MR) is 98.6 cm³/mol. The molecule has 0 nitrogen and oxygen atoms in total. The summed E-state index contributed by atoms with van der Waals surface area (Å²) in [6.07, 6.45) is 9.91. The van der Waals surface area contributed by atoms with Crippen molar-refractivity contribution >= 4 is 0 Å². The summed E-state index contributed by atoms with van der Waals surface area (Å²) in [5.74, 6) is -2.44. The Morgan fingerprint density at radius 1 is 0.926 bits per heavy atom. The van der Waals surface area contributed by atoms with Crippen LogP contribution in [-0.4, -0.2) is 0 Å². The lowest BCUT2D eigenvalue weighted by atomic mass is 9.77. The van der Waals surface area contributed by atoms with Crippen molar-refractivity contribution in [3.8, 4) is 0 Å². The summed E-state index contributed by atoms with van der Waals surface area (Å²) >= 11 is 0. The molecule has 5 heteroatoms. The van der Waals surface area contributed by atoms with E-state index in [1.807, 2.05) is 0 Å². The third-order valence-corrected chi connectivity index (χ3v) is 5.52. The summed E-state index contributed by atoms with van der Waals surface area (Å²) in [5.41, 5.74) is -1.43. The molecule has 0 bridgehead atoms. The number of alkyl halides is 3. The zero-order chi connectivity index (χ0) is 19.9. The second kappa shape index (κ2) is 10.2. The molecule has 0 heterocycles. The average Bonchev–Trinajstić information content (AvgIpc) is 2.59. The van der Waals surface area contributed by atoms with Gasteiger partial charge in [-0.1, -0.05) is 38.3 Å². The van der Waals surface area contributed by atoms with Crippen molar-refractivity contribution in [1.29, 1.82) is 0 Å². The standard InChI is InChI=1S/C22H29F5/c1-2-3-4-5-6-7-8-9-16-10-12-17(13-11-16)18-14-19(23)21(20(24)15-18)22(25,26)27/h4-5,14-17H,2-3,6-13H2,1H3/b5-4+/t16-,17-.